The second-order valence-electron chi connectivity index (χ2n) is 8.80. The number of likely N-dealkylation sites (tertiary alicyclic amines) is 1. The fourth-order valence-electron chi connectivity index (χ4n) is 4.33. The zero-order valence-electron chi connectivity index (χ0n) is 20.8. The van der Waals surface area contributed by atoms with Gasteiger partial charge in [-0.25, -0.2) is 0 Å². The summed E-state index contributed by atoms with van der Waals surface area (Å²) in [5.41, 5.74) is 2.07. The number of methoxy groups -OCH3 is 1. The van der Waals surface area contributed by atoms with E-state index in [-0.39, 0.29) is 5.91 Å². The van der Waals surface area contributed by atoms with Crippen LogP contribution in [-0.4, -0.2) is 51.2 Å². The largest absolute Gasteiger partial charge is 0.493 e. The molecule has 4 rings (SSSR count). The summed E-state index contributed by atoms with van der Waals surface area (Å²) in [6, 6.07) is 15.2. The second-order valence-corrected chi connectivity index (χ2v) is 8.80. The molecule has 3 aromatic carbocycles. The van der Waals surface area contributed by atoms with Gasteiger partial charge in [0, 0.05) is 31.0 Å². The molecular weight excluding hydrogens is 483 g/mol. The first-order valence-corrected chi connectivity index (χ1v) is 12.1. The molecule has 0 saturated carbocycles. The van der Waals surface area contributed by atoms with Crippen LogP contribution in [0.3, 0.4) is 0 Å². The van der Waals surface area contributed by atoms with Gasteiger partial charge in [-0.15, -0.1) is 0 Å². The Morgan fingerprint density at radius 3 is 2.30 bits per heavy atom. The maximum absolute atomic E-state index is 13.0. The first-order chi connectivity index (χ1) is 17.8. The van der Waals surface area contributed by atoms with Gasteiger partial charge in [-0.3, -0.25) is 9.69 Å². The van der Waals surface area contributed by atoms with E-state index in [1.54, 1.807) is 50.6 Å². The number of alkyl halides is 3. The molecule has 1 aliphatic rings. The van der Waals surface area contributed by atoms with Crippen LogP contribution in [0.5, 0.6) is 11.5 Å². The monoisotopic (exact) mass is 513 g/mol. The van der Waals surface area contributed by atoms with E-state index in [1.165, 1.54) is 25.0 Å². The van der Waals surface area contributed by atoms with Crippen molar-refractivity contribution in [3.63, 3.8) is 0 Å². The summed E-state index contributed by atoms with van der Waals surface area (Å²) in [5.74, 6) is 0.787. The van der Waals surface area contributed by atoms with Crippen LogP contribution in [0.1, 0.15) is 28.8 Å². The highest BCUT2D eigenvalue weighted by atomic mass is 19.4. The van der Waals surface area contributed by atoms with Crippen molar-refractivity contribution in [2.75, 3.05) is 51.0 Å². The van der Waals surface area contributed by atoms with Gasteiger partial charge in [-0.1, -0.05) is 18.2 Å². The molecule has 1 heterocycles. The molecule has 9 heteroatoms. The molecule has 196 valence electrons. The van der Waals surface area contributed by atoms with Crippen molar-refractivity contribution in [2.24, 2.45) is 0 Å². The van der Waals surface area contributed by atoms with E-state index in [0.29, 0.717) is 46.2 Å². The van der Waals surface area contributed by atoms with Gasteiger partial charge in [0.05, 0.1) is 18.2 Å². The molecule has 0 aliphatic carbocycles. The molecule has 3 aromatic rings. The Kier molecular flexibility index (Phi) is 8.23. The molecular formula is C28H30F3N3O3. The molecule has 1 aliphatic heterocycles. The number of nitrogens with one attached hydrogen (secondary N) is 2. The first-order valence-electron chi connectivity index (χ1n) is 12.1. The Labute approximate surface area is 214 Å². The second kappa shape index (κ2) is 11.6. The van der Waals surface area contributed by atoms with Crippen LogP contribution >= 0.6 is 0 Å². The number of rotatable bonds is 9. The molecule has 6 nitrogen and oxygen atoms in total. The van der Waals surface area contributed by atoms with Crippen LogP contribution < -0.4 is 20.1 Å². The standard InChI is InChI=1S/C28H30F3N3O3/c1-32-24-17-20(19-5-8-21(9-6-19)28(29,30)31)7-11-23(24)27(35)33-22-10-12-25(26(18-22)36-2)37-16-15-34-13-3-4-14-34/h5-12,17-18,32H,3-4,13-16H2,1-2H3,(H,33,35). The minimum absolute atomic E-state index is 0.340. The molecule has 37 heavy (non-hydrogen) atoms. The molecule has 0 atom stereocenters. The van der Waals surface area contributed by atoms with E-state index in [1.807, 2.05) is 0 Å². The summed E-state index contributed by atoms with van der Waals surface area (Å²) in [4.78, 5) is 15.4. The van der Waals surface area contributed by atoms with Gasteiger partial charge in [-0.05, 0) is 73.5 Å². The summed E-state index contributed by atoms with van der Waals surface area (Å²) in [7, 11) is 3.23. The minimum atomic E-state index is -4.39. The van der Waals surface area contributed by atoms with E-state index in [0.717, 1.165) is 31.8 Å². The number of amides is 1. The average Bonchev–Trinajstić information content (AvgIpc) is 3.42. The number of carbonyl (C=O) groups is 1. The van der Waals surface area contributed by atoms with Crippen molar-refractivity contribution < 1.29 is 27.4 Å². The summed E-state index contributed by atoms with van der Waals surface area (Å²) >= 11 is 0. The zero-order valence-corrected chi connectivity index (χ0v) is 20.8. The summed E-state index contributed by atoms with van der Waals surface area (Å²) < 4.78 is 50.0. The van der Waals surface area contributed by atoms with Crippen LogP contribution in [0, 0.1) is 0 Å². The van der Waals surface area contributed by atoms with Crippen molar-refractivity contribution in [3.05, 3.63) is 71.8 Å². The minimum Gasteiger partial charge on any atom is -0.493 e. The predicted molar refractivity (Wildman–Crippen MR) is 139 cm³/mol. The van der Waals surface area contributed by atoms with Gasteiger partial charge in [-0.2, -0.15) is 13.2 Å². The lowest BCUT2D eigenvalue weighted by Crippen LogP contribution is -2.25. The van der Waals surface area contributed by atoms with Crippen molar-refractivity contribution >= 4 is 17.3 Å². The third-order valence-electron chi connectivity index (χ3n) is 6.36. The number of ether oxygens (including phenoxy) is 2. The van der Waals surface area contributed by atoms with Crippen LogP contribution in [0.15, 0.2) is 60.7 Å². The quantitative estimate of drug-likeness (QED) is 0.359. The number of hydrogen-bond donors (Lipinski definition) is 2. The Morgan fingerprint density at radius 1 is 0.946 bits per heavy atom. The van der Waals surface area contributed by atoms with Crippen LogP contribution in [-0.2, 0) is 6.18 Å². The van der Waals surface area contributed by atoms with E-state index in [4.69, 9.17) is 9.47 Å². The molecule has 1 saturated heterocycles. The predicted octanol–water partition coefficient (Wildman–Crippen LogP) is 6.15. The molecule has 0 aromatic heterocycles. The number of carbonyl (C=O) groups excluding carboxylic acids is 1. The van der Waals surface area contributed by atoms with Crippen molar-refractivity contribution in [3.8, 4) is 22.6 Å². The third-order valence-corrected chi connectivity index (χ3v) is 6.36. The Bertz CT molecular complexity index is 1220. The SMILES string of the molecule is CNc1cc(-c2ccc(C(F)(F)F)cc2)ccc1C(=O)Nc1ccc(OCCN2CCCC2)c(OC)c1. The Morgan fingerprint density at radius 2 is 1.65 bits per heavy atom. The fraction of sp³-hybridized carbons (Fsp3) is 0.321. The molecule has 0 radical (unpaired) electrons. The average molecular weight is 514 g/mol. The Hall–Kier alpha value is -3.72. The highest BCUT2D eigenvalue weighted by Gasteiger charge is 2.30. The van der Waals surface area contributed by atoms with Crippen molar-refractivity contribution in [2.45, 2.75) is 19.0 Å². The lowest BCUT2D eigenvalue weighted by molar-refractivity contribution is -0.137. The topological polar surface area (TPSA) is 62.8 Å². The maximum atomic E-state index is 13.0. The molecule has 1 amide bonds. The van der Waals surface area contributed by atoms with Crippen LogP contribution in [0.2, 0.25) is 0 Å². The summed E-state index contributed by atoms with van der Waals surface area (Å²) in [5, 5.41) is 5.87. The van der Waals surface area contributed by atoms with Crippen molar-refractivity contribution in [1.82, 2.24) is 4.90 Å². The van der Waals surface area contributed by atoms with Crippen LogP contribution in [0.4, 0.5) is 24.5 Å². The van der Waals surface area contributed by atoms with Gasteiger partial charge in [0.2, 0.25) is 0 Å². The number of halogens is 3. The van der Waals surface area contributed by atoms with Gasteiger partial charge in [0.1, 0.15) is 6.61 Å². The van der Waals surface area contributed by atoms with Crippen LogP contribution in [0.25, 0.3) is 11.1 Å². The van der Waals surface area contributed by atoms with Crippen molar-refractivity contribution in [1.29, 1.82) is 0 Å². The number of benzene rings is 3. The van der Waals surface area contributed by atoms with Gasteiger partial charge >= 0.3 is 6.18 Å². The highest BCUT2D eigenvalue weighted by Crippen LogP contribution is 2.33. The molecule has 2 N–H and O–H groups in total. The van der Waals surface area contributed by atoms with E-state index in [9.17, 15) is 18.0 Å². The fourth-order valence-corrected chi connectivity index (χ4v) is 4.33. The van der Waals surface area contributed by atoms with Gasteiger partial charge < -0.3 is 20.1 Å². The van der Waals surface area contributed by atoms with E-state index < -0.39 is 11.7 Å². The summed E-state index contributed by atoms with van der Waals surface area (Å²) in [6.07, 6.45) is -1.94. The number of nitrogens with zero attached hydrogens (tertiary/aromatic N) is 1. The first kappa shape index (κ1) is 26.3. The molecule has 0 spiro atoms. The maximum Gasteiger partial charge on any atom is 0.416 e. The number of hydrogen-bond acceptors (Lipinski definition) is 5. The smallest absolute Gasteiger partial charge is 0.416 e. The third kappa shape index (κ3) is 6.54. The highest BCUT2D eigenvalue weighted by molar-refractivity contribution is 6.08. The lowest BCUT2D eigenvalue weighted by Gasteiger charge is -2.17. The molecule has 1 fully saturated rings. The van der Waals surface area contributed by atoms with E-state index >= 15 is 0 Å². The normalized spacial score (nSPS) is 13.9. The van der Waals surface area contributed by atoms with Gasteiger partial charge in [0.25, 0.3) is 5.91 Å². The number of anilines is 2. The zero-order chi connectivity index (χ0) is 26.4. The lowest BCUT2D eigenvalue weighted by atomic mass is 10.0. The Balaban J connectivity index is 1.44. The molecule has 0 bridgehead atoms. The molecule has 0 unspecified atom stereocenters. The van der Waals surface area contributed by atoms with Gasteiger partial charge in [0.15, 0.2) is 11.5 Å². The van der Waals surface area contributed by atoms with E-state index in [2.05, 4.69) is 15.5 Å². The summed E-state index contributed by atoms with van der Waals surface area (Å²) in [6.45, 7) is 3.62.